The van der Waals surface area contributed by atoms with Crippen LogP contribution < -0.4 is 0 Å². The molecule has 0 aromatic carbocycles. The Labute approximate surface area is 109 Å². The molecule has 104 valence electrons. The maximum absolute atomic E-state index is 11.2. The molecule has 2 aliphatic heterocycles. The molecule has 2 rings (SSSR count). The monoisotopic (exact) mass is 256 g/mol. The van der Waals surface area contributed by atoms with Gasteiger partial charge in [-0.3, -0.25) is 9.69 Å². The summed E-state index contributed by atoms with van der Waals surface area (Å²) in [7, 11) is 1.43. The number of morpholine rings is 1. The van der Waals surface area contributed by atoms with E-state index >= 15 is 0 Å². The van der Waals surface area contributed by atoms with Crippen LogP contribution in [0.15, 0.2) is 0 Å². The summed E-state index contributed by atoms with van der Waals surface area (Å²) in [6, 6.07) is 0. The number of nitrogens with zero attached hydrogens (tertiary/aromatic N) is 2. The fourth-order valence-corrected chi connectivity index (χ4v) is 2.67. The van der Waals surface area contributed by atoms with Crippen LogP contribution in [0.3, 0.4) is 0 Å². The fourth-order valence-electron chi connectivity index (χ4n) is 2.67. The molecule has 0 amide bonds. The van der Waals surface area contributed by atoms with E-state index < -0.39 is 0 Å². The smallest absolute Gasteiger partial charge is 0.308 e. The van der Waals surface area contributed by atoms with Crippen LogP contribution >= 0.6 is 0 Å². The van der Waals surface area contributed by atoms with Crippen molar-refractivity contribution in [1.82, 2.24) is 9.80 Å². The van der Waals surface area contributed by atoms with E-state index in [1.807, 2.05) is 0 Å². The highest BCUT2D eigenvalue weighted by molar-refractivity contribution is 5.69. The summed E-state index contributed by atoms with van der Waals surface area (Å²) in [6.07, 6.45) is 3.06. The molecule has 2 aliphatic rings. The Kier molecular flexibility index (Phi) is 5.41. The SMILES string of the molecule is COC(=O)CC1CN(CCN2CCCC2)CCO1. The van der Waals surface area contributed by atoms with Crippen LogP contribution in [-0.2, 0) is 14.3 Å². The lowest BCUT2D eigenvalue weighted by molar-refractivity contribution is -0.145. The van der Waals surface area contributed by atoms with Crippen molar-refractivity contribution in [3.63, 3.8) is 0 Å². The number of hydrogen-bond donors (Lipinski definition) is 0. The lowest BCUT2D eigenvalue weighted by Gasteiger charge is -2.33. The third kappa shape index (κ3) is 4.23. The summed E-state index contributed by atoms with van der Waals surface area (Å²) in [5.74, 6) is -0.179. The van der Waals surface area contributed by atoms with Crippen molar-refractivity contribution < 1.29 is 14.3 Å². The molecule has 18 heavy (non-hydrogen) atoms. The molecule has 1 atom stereocenters. The number of rotatable bonds is 5. The number of methoxy groups -OCH3 is 1. The lowest BCUT2D eigenvalue weighted by atomic mass is 10.2. The summed E-state index contributed by atoms with van der Waals surface area (Å²) >= 11 is 0. The normalized spacial score (nSPS) is 26.4. The van der Waals surface area contributed by atoms with Crippen LogP contribution in [0.5, 0.6) is 0 Å². The Bertz CT molecular complexity index is 267. The number of ether oxygens (including phenoxy) is 2. The van der Waals surface area contributed by atoms with Gasteiger partial charge < -0.3 is 14.4 Å². The summed E-state index contributed by atoms with van der Waals surface area (Å²) in [5, 5.41) is 0. The minimum atomic E-state index is -0.179. The zero-order valence-electron chi connectivity index (χ0n) is 11.3. The molecule has 0 N–H and O–H groups in total. The molecule has 5 nitrogen and oxygen atoms in total. The summed E-state index contributed by atoms with van der Waals surface area (Å²) in [5.41, 5.74) is 0. The van der Waals surface area contributed by atoms with Gasteiger partial charge in [0.25, 0.3) is 0 Å². The highest BCUT2D eigenvalue weighted by Gasteiger charge is 2.23. The van der Waals surface area contributed by atoms with Crippen molar-refractivity contribution in [3.8, 4) is 0 Å². The van der Waals surface area contributed by atoms with Crippen LogP contribution in [-0.4, -0.2) is 74.9 Å². The van der Waals surface area contributed by atoms with Crippen LogP contribution in [0.25, 0.3) is 0 Å². The van der Waals surface area contributed by atoms with Crippen molar-refractivity contribution in [2.24, 2.45) is 0 Å². The molecular formula is C13H24N2O3. The van der Waals surface area contributed by atoms with Gasteiger partial charge in [0.2, 0.25) is 0 Å². The molecule has 0 aromatic heterocycles. The molecule has 2 saturated heterocycles. The quantitative estimate of drug-likeness (QED) is 0.664. The minimum Gasteiger partial charge on any atom is -0.469 e. The largest absolute Gasteiger partial charge is 0.469 e. The van der Waals surface area contributed by atoms with Crippen LogP contribution in [0, 0.1) is 0 Å². The van der Waals surface area contributed by atoms with E-state index in [4.69, 9.17) is 4.74 Å². The Morgan fingerprint density at radius 3 is 2.67 bits per heavy atom. The number of esters is 1. The molecule has 0 aromatic rings. The Morgan fingerprint density at radius 2 is 1.94 bits per heavy atom. The zero-order valence-corrected chi connectivity index (χ0v) is 11.3. The van der Waals surface area contributed by atoms with E-state index in [1.54, 1.807) is 0 Å². The van der Waals surface area contributed by atoms with E-state index in [0.29, 0.717) is 6.42 Å². The average molecular weight is 256 g/mol. The molecule has 0 bridgehead atoms. The molecule has 5 heteroatoms. The zero-order chi connectivity index (χ0) is 12.8. The standard InChI is InChI=1S/C13H24N2O3/c1-17-13(16)10-12-11-15(8-9-18-12)7-6-14-4-2-3-5-14/h12H,2-11H2,1H3. The average Bonchev–Trinajstić information content (AvgIpc) is 2.90. The van der Waals surface area contributed by atoms with Gasteiger partial charge in [0.15, 0.2) is 0 Å². The molecule has 0 saturated carbocycles. The number of carbonyl (C=O) groups is 1. The summed E-state index contributed by atoms with van der Waals surface area (Å²) in [6.45, 7) is 7.27. The first-order valence-electron chi connectivity index (χ1n) is 6.91. The minimum absolute atomic E-state index is 0.00442. The van der Waals surface area contributed by atoms with E-state index in [2.05, 4.69) is 14.5 Å². The number of carbonyl (C=O) groups excluding carboxylic acids is 1. The van der Waals surface area contributed by atoms with Gasteiger partial charge in [0.05, 0.1) is 26.2 Å². The molecule has 2 heterocycles. The van der Waals surface area contributed by atoms with Crippen LogP contribution in [0.4, 0.5) is 0 Å². The highest BCUT2D eigenvalue weighted by Crippen LogP contribution is 2.11. The van der Waals surface area contributed by atoms with Gasteiger partial charge in [-0.15, -0.1) is 0 Å². The maximum Gasteiger partial charge on any atom is 0.308 e. The van der Waals surface area contributed by atoms with E-state index in [9.17, 15) is 4.79 Å². The van der Waals surface area contributed by atoms with E-state index in [0.717, 1.165) is 32.8 Å². The van der Waals surface area contributed by atoms with Crippen molar-refractivity contribution >= 4 is 5.97 Å². The van der Waals surface area contributed by atoms with Gasteiger partial charge in [-0.1, -0.05) is 0 Å². The maximum atomic E-state index is 11.2. The van der Waals surface area contributed by atoms with Gasteiger partial charge in [-0.25, -0.2) is 0 Å². The van der Waals surface area contributed by atoms with Crippen molar-refractivity contribution in [1.29, 1.82) is 0 Å². The van der Waals surface area contributed by atoms with E-state index in [1.165, 1.54) is 33.0 Å². The van der Waals surface area contributed by atoms with Gasteiger partial charge in [-0.2, -0.15) is 0 Å². The Balaban J connectivity index is 1.67. The van der Waals surface area contributed by atoms with Gasteiger partial charge >= 0.3 is 5.97 Å². The Hall–Kier alpha value is -0.650. The van der Waals surface area contributed by atoms with E-state index in [-0.39, 0.29) is 12.1 Å². The first-order chi connectivity index (χ1) is 8.78. The second-order valence-electron chi connectivity index (χ2n) is 5.12. The highest BCUT2D eigenvalue weighted by atomic mass is 16.5. The molecule has 1 unspecified atom stereocenters. The van der Waals surface area contributed by atoms with Crippen molar-refractivity contribution in [2.75, 3.05) is 53.0 Å². The first kappa shape index (κ1) is 13.8. The molecular weight excluding hydrogens is 232 g/mol. The van der Waals surface area contributed by atoms with Gasteiger partial charge in [-0.05, 0) is 25.9 Å². The predicted octanol–water partition coefficient (Wildman–Crippen LogP) is 0.346. The predicted molar refractivity (Wildman–Crippen MR) is 68.5 cm³/mol. The van der Waals surface area contributed by atoms with Crippen molar-refractivity contribution in [3.05, 3.63) is 0 Å². The second kappa shape index (κ2) is 7.07. The molecule has 0 spiro atoms. The number of hydrogen-bond acceptors (Lipinski definition) is 5. The molecule has 0 radical (unpaired) electrons. The lowest BCUT2D eigenvalue weighted by Crippen LogP contribution is -2.46. The first-order valence-corrected chi connectivity index (χ1v) is 6.91. The van der Waals surface area contributed by atoms with Crippen molar-refractivity contribution in [2.45, 2.75) is 25.4 Å². The molecule has 0 aliphatic carbocycles. The third-order valence-electron chi connectivity index (χ3n) is 3.78. The van der Waals surface area contributed by atoms with Crippen LogP contribution in [0.1, 0.15) is 19.3 Å². The molecule has 2 fully saturated rings. The topological polar surface area (TPSA) is 42.0 Å². The summed E-state index contributed by atoms with van der Waals surface area (Å²) in [4.78, 5) is 16.1. The number of likely N-dealkylation sites (tertiary alicyclic amines) is 1. The van der Waals surface area contributed by atoms with Gasteiger partial charge in [0, 0.05) is 26.2 Å². The summed E-state index contributed by atoms with van der Waals surface area (Å²) < 4.78 is 10.3. The third-order valence-corrected chi connectivity index (χ3v) is 3.78. The Morgan fingerprint density at radius 1 is 1.22 bits per heavy atom. The fraction of sp³-hybridized carbons (Fsp3) is 0.923. The van der Waals surface area contributed by atoms with Crippen LogP contribution in [0.2, 0.25) is 0 Å². The second-order valence-corrected chi connectivity index (χ2v) is 5.12. The van der Waals surface area contributed by atoms with Gasteiger partial charge in [0.1, 0.15) is 0 Å².